The molecule has 2 unspecified atom stereocenters. The zero-order chi connectivity index (χ0) is 12.4. The lowest BCUT2D eigenvalue weighted by molar-refractivity contribution is -0.111. The van der Waals surface area contributed by atoms with E-state index in [1.165, 1.54) is 0 Å². The molecule has 1 fully saturated rings. The van der Waals surface area contributed by atoms with Gasteiger partial charge in [0, 0.05) is 5.54 Å². The summed E-state index contributed by atoms with van der Waals surface area (Å²) in [5.41, 5.74) is 3.29. The molecule has 0 aromatic rings. The number of carbonyl (C=O) groups is 1. The second kappa shape index (κ2) is 4.59. The first-order valence-electron chi connectivity index (χ1n) is 4.85. The molecule has 4 N–H and O–H groups in total. The summed E-state index contributed by atoms with van der Waals surface area (Å²) in [7, 11) is -3.32. The topological polar surface area (TPSA) is 114 Å². The molecule has 2 atom stereocenters. The van der Waals surface area contributed by atoms with E-state index >= 15 is 0 Å². The number of hydrogen-bond acceptors (Lipinski definition) is 6. The zero-order valence-corrected chi connectivity index (χ0v) is 10.2. The van der Waals surface area contributed by atoms with E-state index in [-0.39, 0.29) is 12.1 Å². The summed E-state index contributed by atoms with van der Waals surface area (Å²) in [6, 6.07) is 0. The highest BCUT2D eigenvalue weighted by Gasteiger charge is 2.55. The minimum Gasteiger partial charge on any atom is -0.391 e. The van der Waals surface area contributed by atoms with Gasteiger partial charge in [0.1, 0.15) is 0 Å². The molecule has 0 radical (unpaired) electrons. The molecule has 0 spiro atoms. The van der Waals surface area contributed by atoms with Crippen molar-refractivity contribution in [2.45, 2.75) is 25.1 Å². The standard InChI is InChI=1S/C8H16N2O5Si/c1-6(2)16(13)14-5-8(4-11,15-16)10-3-7(9)12/h3,6,11,13H,4-5H2,1-2H3,(H2,9,12)/b10-3+. The molecular weight excluding hydrogens is 232 g/mol. The monoisotopic (exact) mass is 248 g/mol. The summed E-state index contributed by atoms with van der Waals surface area (Å²) in [5, 5.41) is 9.18. The second-order valence-corrected chi connectivity index (χ2v) is 6.85. The van der Waals surface area contributed by atoms with E-state index < -0.39 is 27.0 Å². The highest BCUT2D eigenvalue weighted by atomic mass is 28.4. The molecule has 0 aromatic heterocycles. The minimum atomic E-state index is -3.32. The molecule has 1 aliphatic heterocycles. The van der Waals surface area contributed by atoms with Crippen LogP contribution in [-0.4, -0.2) is 49.8 Å². The van der Waals surface area contributed by atoms with Crippen LogP contribution in [0.1, 0.15) is 13.8 Å². The summed E-state index contributed by atoms with van der Waals surface area (Å²) in [5.74, 6) is -0.752. The fraction of sp³-hybridized carbons (Fsp3) is 0.750. The Morgan fingerprint density at radius 3 is 2.75 bits per heavy atom. The lowest BCUT2D eigenvalue weighted by Gasteiger charge is -2.24. The van der Waals surface area contributed by atoms with Gasteiger partial charge >= 0.3 is 8.80 Å². The maximum absolute atomic E-state index is 10.6. The second-order valence-electron chi connectivity index (χ2n) is 3.94. The summed E-state index contributed by atoms with van der Waals surface area (Å²) in [6.45, 7) is 2.92. The number of nitrogens with zero attached hydrogens (tertiary/aromatic N) is 1. The van der Waals surface area contributed by atoms with Crippen molar-refractivity contribution in [3.8, 4) is 0 Å². The van der Waals surface area contributed by atoms with Gasteiger partial charge in [0.25, 0.3) is 5.91 Å². The highest BCUT2D eigenvalue weighted by Crippen LogP contribution is 2.34. The molecule has 0 aliphatic carbocycles. The molecule has 16 heavy (non-hydrogen) atoms. The molecule has 7 nitrogen and oxygen atoms in total. The van der Waals surface area contributed by atoms with Gasteiger partial charge in [-0.1, -0.05) is 13.8 Å². The molecule has 1 saturated heterocycles. The zero-order valence-electron chi connectivity index (χ0n) is 9.21. The number of rotatable bonds is 4. The third kappa shape index (κ3) is 2.65. The molecule has 1 heterocycles. The van der Waals surface area contributed by atoms with E-state index in [1.54, 1.807) is 13.8 Å². The van der Waals surface area contributed by atoms with E-state index in [0.29, 0.717) is 0 Å². The largest absolute Gasteiger partial charge is 0.503 e. The third-order valence-corrected chi connectivity index (χ3v) is 4.93. The number of amides is 1. The van der Waals surface area contributed by atoms with Crippen LogP contribution in [-0.2, 0) is 13.6 Å². The van der Waals surface area contributed by atoms with Gasteiger partial charge in [-0.2, -0.15) is 0 Å². The number of hydrogen-bond donors (Lipinski definition) is 3. The van der Waals surface area contributed by atoms with E-state index in [4.69, 9.17) is 14.6 Å². The van der Waals surface area contributed by atoms with Crippen molar-refractivity contribution in [1.29, 1.82) is 0 Å². The summed E-state index contributed by atoms with van der Waals surface area (Å²) < 4.78 is 10.5. The fourth-order valence-corrected chi connectivity index (χ4v) is 2.98. The van der Waals surface area contributed by atoms with Gasteiger partial charge in [0.05, 0.1) is 19.4 Å². The van der Waals surface area contributed by atoms with Crippen molar-refractivity contribution >= 4 is 20.9 Å². The van der Waals surface area contributed by atoms with Gasteiger partial charge in [-0.3, -0.25) is 4.79 Å². The molecule has 1 aliphatic rings. The molecule has 0 bridgehead atoms. The van der Waals surface area contributed by atoms with Crippen molar-refractivity contribution in [3.05, 3.63) is 0 Å². The first-order valence-corrected chi connectivity index (χ1v) is 6.70. The van der Waals surface area contributed by atoms with Crippen molar-refractivity contribution < 1.29 is 23.5 Å². The number of aliphatic hydroxyl groups excluding tert-OH is 1. The lowest BCUT2D eigenvalue weighted by Crippen LogP contribution is -2.44. The normalized spacial score (nSPS) is 35.1. The van der Waals surface area contributed by atoms with E-state index in [9.17, 15) is 14.7 Å². The van der Waals surface area contributed by atoms with Gasteiger partial charge in [-0.15, -0.1) is 0 Å². The smallest absolute Gasteiger partial charge is 0.391 e. The number of aliphatic hydroxyl groups is 1. The average molecular weight is 248 g/mol. The SMILES string of the molecule is CC(C)[Si]1(O)OCC(CO)(/N=C/C(N)=O)O1. The number of nitrogens with two attached hydrogens (primary N) is 1. The van der Waals surface area contributed by atoms with Gasteiger partial charge in [-0.25, -0.2) is 4.99 Å². The van der Waals surface area contributed by atoms with Crippen LogP contribution < -0.4 is 5.73 Å². The van der Waals surface area contributed by atoms with Crippen LogP contribution in [0, 0.1) is 0 Å². The maximum atomic E-state index is 10.6. The molecule has 1 amide bonds. The summed E-state index contributed by atoms with van der Waals surface area (Å²) in [6.07, 6.45) is 0.847. The lowest BCUT2D eigenvalue weighted by atomic mass is 10.3. The number of primary amides is 1. The van der Waals surface area contributed by atoms with Crippen LogP contribution in [0.15, 0.2) is 4.99 Å². The Hall–Kier alpha value is -0.803. The Kier molecular flexibility index (Phi) is 3.81. The first kappa shape index (κ1) is 13.3. The average Bonchev–Trinajstić information content (AvgIpc) is 2.56. The van der Waals surface area contributed by atoms with E-state index in [2.05, 4.69) is 4.99 Å². The minimum absolute atomic E-state index is 0.0891. The van der Waals surface area contributed by atoms with Gasteiger partial charge in [-0.05, 0) is 0 Å². The Morgan fingerprint density at radius 1 is 1.75 bits per heavy atom. The van der Waals surface area contributed by atoms with Crippen molar-refractivity contribution in [3.63, 3.8) is 0 Å². The molecule has 0 aromatic carbocycles. The molecule has 0 saturated carbocycles. The fourth-order valence-electron chi connectivity index (χ4n) is 1.20. The Morgan fingerprint density at radius 2 is 2.38 bits per heavy atom. The predicted octanol–water partition coefficient (Wildman–Crippen LogP) is -1.38. The Labute approximate surface area is 94.3 Å². The Balaban J connectivity index is 2.83. The number of aliphatic imine (C=N–C) groups is 1. The van der Waals surface area contributed by atoms with Crippen molar-refractivity contribution in [2.24, 2.45) is 10.7 Å². The summed E-state index contributed by atoms with van der Waals surface area (Å²) in [4.78, 5) is 24.3. The van der Waals surface area contributed by atoms with Crippen molar-refractivity contribution in [2.75, 3.05) is 13.2 Å². The highest BCUT2D eigenvalue weighted by molar-refractivity contribution is 6.61. The Bertz CT molecular complexity index is 311. The van der Waals surface area contributed by atoms with Crippen LogP contribution in [0.25, 0.3) is 0 Å². The predicted molar refractivity (Wildman–Crippen MR) is 57.6 cm³/mol. The van der Waals surface area contributed by atoms with Crippen LogP contribution >= 0.6 is 0 Å². The molecule has 1 rings (SSSR count). The van der Waals surface area contributed by atoms with E-state index in [1.807, 2.05) is 0 Å². The van der Waals surface area contributed by atoms with Crippen LogP contribution in [0.2, 0.25) is 5.54 Å². The first-order chi connectivity index (χ1) is 7.33. The van der Waals surface area contributed by atoms with E-state index in [0.717, 1.165) is 6.21 Å². The van der Waals surface area contributed by atoms with Gasteiger partial charge in [0.2, 0.25) is 0 Å². The molecular formula is C8H16N2O5Si. The third-order valence-electron chi connectivity index (χ3n) is 2.24. The van der Waals surface area contributed by atoms with Crippen LogP contribution in [0.5, 0.6) is 0 Å². The van der Waals surface area contributed by atoms with Crippen LogP contribution in [0.3, 0.4) is 0 Å². The molecule has 92 valence electrons. The van der Waals surface area contributed by atoms with Gasteiger partial charge < -0.3 is 24.5 Å². The quantitative estimate of drug-likeness (QED) is 0.419. The van der Waals surface area contributed by atoms with Crippen LogP contribution in [0.4, 0.5) is 0 Å². The number of carbonyl (C=O) groups excluding carboxylic acids is 1. The summed E-state index contributed by atoms with van der Waals surface area (Å²) >= 11 is 0. The maximum Gasteiger partial charge on any atom is 0.503 e. The van der Waals surface area contributed by atoms with Gasteiger partial charge in [0.15, 0.2) is 5.72 Å². The van der Waals surface area contributed by atoms with Crippen molar-refractivity contribution in [1.82, 2.24) is 0 Å². The molecule has 8 heteroatoms.